The van der Waals surface area contributed by atoms with Gasteiger partial charge in [0.05, 0.1) is 11.9 Å². The summed E-state index contributed by atoms with van der Waals surface area (Å²) in [5.41, 5.74) is 0.907. The molecule has 22 heavy (non-hydrogen) atoms. The maximum atomic E-state index is 12.8. The number of rotatable bonds is 1. The minimum absolute atomic E-state index is 0.0366. The Morgan fingerprint density at radius 1 is 1.45 bits per heavy atom. The van der Waals surface area contributed by atoms with Crippen LogP contribution in [0.2, 0.25) is 0 Å². The van der Waals surface area contributed by atoms with E-state index in [1.165, 1.54) is 0 Å². The Bertz CT molecular complexity index is 733. The van der Waals surface area contributed by atoms with E-state index in [0.29, 0.717) is 21.3 Å². The molecular weight excluding hydrogens is 348 g/mol. The molecular formula is C16H17BrN2O3. The molecule has 0 aliphatic carbocycles. The zero-order chi connectivity index (χ0) is 16.1. The summed E-state index contributed by atoms with van der Waals surface area (Å²) in [6.07, 6.45) is 4.99. The van der Waals surface area contributed by atoms with Crippen molar-refractivity contribution in [1.29, 1.82) is 0 Å². The van der Waals surface area contributed by atoms with Gasteiger partial charge in [0, 0.05) is 18.0 Å². The molecule has 1 aliphatic heterocycles. The van der Waals surface area contributed by atoms with Crippen molar-refractivity contribution in [1.82, 2.24) is 9.55 Å². The maximum Gasteiger partial charge on any atom is 0.192 e. The van der Waals surface area contributed by atoms with Gasteiger partial charge in [-0.05, 0) is 27.4 Å². The number of imidazole rings is 1. The molecule has 1 aromatic heterocycles. The van der Waals surface area contributed by atoms with E-state index < -0.39 is 6.04 Å². The lowest BCUT2D eigenvalue weighted by molar-refractivity contribution is 0.0839. The highest BCUT2D eigenvalue weighted by Crippen LogP contribution is 2.46. The van der Waals surface area contributed by atoms with Gasteiger partial charge in [0.2, 0.25) is 0 Å². The predicted molar refractivity (Wildman–Crippen MR) is 85.6 cm³/mol. The van der Waals surface area contributed by atoms with Gasteiger partial charge in [-0.1, -0.05) is 20.8 Å². The second kappa shape index (κ2) is 5.12. The summed E-state index contributed by atoms with van der Waals surface area (Å²) in [5.74, 6) is 0.498. The van der Waals surface area contributed by atoms with Gasteiger partial charge in [-0.2, -0.15) is 0 Å². The van der Waals surface area contributed by atoms with E-state index in [0.717, 1.165) is 0 Å². The molecule has 0 saturated carbocycles. The van der Waals surface area contributed by atoms with Crippen molar-refractivity contribution in [2.24, 2.45) is 0 Å². The number of ketones is 1. The van der Waals surface area contributed by atoms with Gasteiger partial charge in [0.25, 0.3) is 0 Å². The van der Waals surface area contributed by atoms with Crippen LogP contribution in [-0.4, -0.2) is 27.0 Å². The maximum absolute atomic E-state index is 12.8. The largest absolute Gasteiger partial charge is 0.506 e. The molecule has 1 atom stereocenters. The van der Waals surface area contributed by atoms with E-state index in [9.17, 15) is 9.90 Å². The van der Waals surface area contributed by atoms with E-state index in [-0.39, 0.29) is 23.6 Å². The monoisotopic (exact) mass is 364 g/mol. The molecule has 6 heteroatoms. The van der Waals surface area contributed by atoms with Crippen LogP contribution in [0.4, 0.5) is 0 Å². The number of Topliss-reactive ketones (excluding diaryl/α,β-unsaturated/α-hetero) is 1. The second-order valence-corrected chi connectivity index (χ2v) is 7.21. The quantitative estimate of drug-likeness (QED) is 0.841. The predicted octanol–water partition coefficient (Wildman–Crippen LogP) is 3.47. The van der Waals surface area contributed by atoms with E-state index in [1.54, 1.807) is 29.4 Å². The van der Waals surface area contributed by atoms with Crippen molar-refractivity contribution in [3.8, 4) is 11.5 Å². The number of aromatic nitrogens is 2. The topological polar surface area (TPSA) is 64.3 Å². The number of carbonyl (C=O) groups is 1. The van der Waals surface area contributed by atoms with Gasteiger partial charge < -0.3 is 14.4 Å². The van der Waals surface area contributed by atoms with Crippen molar-refractivity contribution in [2.45, 2.75) is 32.2 Å². The number of phenolic OH excluding ortho intramolecular Hbond substituents is 1. The molecule has 116 valence electrons. The summed E-state index contributed by atoms with van der Waals surface area (Å²) in [4.78, 5) is 16.8. The molecule has 2 heterocycles. The number of aromatic hydroxyl groups is 1. The fourth-order valence-electron chi connectivity index (χ4n) is 2.61. The number of fused-ring (bicyclic) bond motifs is 1. The van der Waals surface area contributed by atoms with Crippen LogP contribution < -0.4 is 4.74 Å². The highest BCUT2D eigenvalue weighted by molar-refractivity contribution is 9.10. The van der Waals surface area contributed by atoms with Crippen LogP contribution in [0.15, 0.2) is 29.3 Å². The van der Waals surface area contributed by atoms with Crippen molar-refractivity contribution in [3.05, 3.63) is 40.4 Å². The molecule has 2 aromatic rings. The molecule has 1 aromatic carbocycles. The Morgan fingerprint density at radius 2 is 2.18 bits per heavy atom. The van der Waals surface area contributed by atoms with Gasteiger partial charge in [-0.3, -0.25) is 4.79 Å². The van der Waals surface area contributed by atoms with Crippen molar-refractivity contribution in [2.75, 3.05) is 6.61 Å². The average molecular weight is 365 g/mol. The van der Waals surface area contributed by atoms with Gasteiger partial charge in [-0.25, -0.2) is 4.98 Å². The third-order valence-corrected chi connectivity index (χ3v) is 4.58. The third-order valence-electron chi connectivity index (χ3n) is 3.84. The van der Waals surface area contributed by atoms with Crippen LogP contribution in [-0.2, 0) is 5.41 Å². The minimum atomic E-state index is -0.431. The molecule has 1 aliphatic rings. The van der Waals surface area contributed by atoms with Gasteiger partial charge in [0.15, 0.2) is 5.78 Å². The molecule has 0 fully saturated rings. The van der Waals surface area contributed by atoms with E-state index in [1.807, 2.05) is 20.8 Å². The summed E-state index contributed by atoms with van der Waals surface area (Å²) in [5, 5.41) is 10.4. The standard InChI is InChI=1S/C16H17BrN2O3/c1-16(2,3)10-6-9-13(20)11(19-5-4-18-8-19)7-22-15(9)12(17)14(10)21/h4-6,8,11,21H,7H2,1-3H3. The summed E-state index contributed by atoms with van der Waals surface area (Å²) in [6.45, 7) is 6.18. The van der Waals surface area contributed by atoms with Gasteiger partial charge in [-0.15, -0.1) is 0 Å². The lowest BCUT2D eigenvalue weighted by Gasteiger charge is -2.29. The molecule has 0 saturated heterocycles. The average Bonchev–Trinajstić information content (AvgIpc) is 2.96. The van der Waals surface area contributed by atoms with E-state index in [2.05, 4.69) is 20.9 Å². The Morgan fingerprint density at radius 3 is 2.77 bits per heavy atom. The fourth-order valence-corrected chi connectivity index (χ4v) is 3.15. The van der Waals surface area contributed by atoms with Gasteiger partial charge >= 0.3 is 0 Å². The Balaban J connectivity index is 2.14. The molecule has 0 bridgehead atoms. The number of halogens is 1. The summed E-state index contributed by atoms with van der Waals surface area (Å²) >= 11 is 3.36. The highest BCUT2D eigenvalue weighted by Gasteiger charge is 2.35. The minimum Gasteiger partial charge on any atom is -0.506 e. The molecule has 5 nitrogen and oxygen atoms in total. The first-order valence-electron chi connectivity index (χ1n) is 7.01. The van der Waals surface area contributed by atoms with Crippen molar-refractivity contribution in [3.63, 3.8) is 0 Å². The highest BCUT2D eigenvalue weighted by atomic mass is 79.9. The smallest absolute Gasteiger partial charge is 0.192 e. The first kappa shape index (κ1) is 15.1. The molecule has 1 N–H and O–H groups in total. The molecule has 0 spiro atoms. The van der Waals surface area contributed by atoms with Crippen LogP contribution in [0.25, 0.3) is 0 Å². The van der Waals surface area contributed by atoms with Crippen LogP contribution in [0, 0.1) is 0 Å². The van der Waals surface area contributed by atoms with Gasteiger partial charge in [0.1, 0.15) is 28.6 Å². The lowest BCUT2D eigenvalue weighted by Crippen LogP contribution is -2.30. The van der Waals surface area contributed by atoms with Crippen LogP contribution in [0.5, 0.6) is 11.5 Å². The molecule has 1 unspecified atom stereocenters. The molecule has 0 radical (unpaired) electrons. The number of nitrogens with zero attached hydrogens (tertiary/aromatic N) is 2. The van der Waals surface area contributed by atoms with Crippen molar-refractivity contribution < 1.29 is 14.6 Å². The number of hydrogen-bond acceptors (Lipinski definition) is 4. The molecule has 3 rings (SSSR count). The summed E-state index contributed by atoms with van der Waals surface area (Å²) in [7, 11) is 0. The Labute approximate surface area is 137 Å². The third kappa shape index (κ3) is 2.31. The van der Waals surface area contributed by atoms with Crippen LogP contribution in [0.3, 0.4) is 0 Å². The SMILES string of the molecule is CC(C)(C)c1cc2c(c(Br)c1O)OCC(n1ccnc1)C2=O. The normalized spacial score (nSPS) is 18.0. The van der Waals surface area contributed by atoms with Crippen LogP contribution >= 0.6 is 15.9 Å². The number of hydrogen-bond donors (Lipinski definition) is 1. The van der Waals surface area contributed by atoms with Crippen LogP contribution in [0.1, 0.15) is 42.7 Å². The molecule has 0 amide bonds. The Kier molecular flexibility index (Phi) is 3.51. The van der Waals surface area contributed by atoms with E-state index >= 15 is 0 Å². The lowest BCUT2D eigenvalue weighted by atomic mass is 9.84. The number of benzene rings is 1. The summed E-state index contributed by atoms with van der Waals surface area (Å²) < 4.78 is 7.91. The Hall–Kier alpha value is -1.82. The number of carbonyl (C=O) groups excluding carboxylic acids is 1. The zero-order valence-corrected chi connectivity index (χ0v) is 14.2. The van der Waals surface area contributed by atoms with Crippen molar-refractivity contribution >= 4 is 21.7 Å². The fraction of sp³-hybridized carbons (Fsp3) is 0.375. The van der Waals surface area contributed by atoms with E-state index in [4.69, 9.17) is 4.74 Å². The zero-order valence-electron chi connectivity index (χ0n) is 12.6. The first-order chi connectivity index (χ1) is 10.3. The number of ether oxygens (including phenoxy) is 1. The number of phenols is 1. The first-order valence-corrected chi connectivity index (χ1v) is 7.80. The summed E-state index contributed by atoms with van der Waals surface area (Å²) in [6, 6.07) is 1.31. The second-order valence-electron chi connectivity index (χ2n) is 6.41.